The van der Waals surface area contributed by atoms with Crippen LogP contribution in [0.5, 0.6) is 34.5 Å². The van der Waals surface area contributed by atoms with Crippen LogP contribution < -0.4 is 33.4 Å². The molecule has 0 amide bonds. The molecule has 0 radical (unpaired) electrons. The Labute approximate surface area is 476 Å². The maximum Gasteiger partial charge on any atom is 0.330 e. The molecule has 1 aromatic heterocycles. The lowest BCUT2D eigenvalue weighted by atomic mass is 9.82. The maximum atomic E-state index is 13.8. The summed E-state index contributed by atoms with van der Waals surface area (Å²) in [6, 6.07) is 26.3. The van der Waals surface area contributed by atoms with Crippen molar-refractivity contribution in [3.05, 3.63) is 134 Å². The van der Waals surface area contributed by atoms with Gasteiger partial charge in [0.25, 0.3) is 0 Å². The molecule has 0 spiro atoms. The summed E-state index contributed by atoms with van der Waals surface area (Å²) in [5.74, 6) is -1.63. The largest absolute Gasteiger partial charge is 0.494 e. The predicted octanol–water partition coefficient (Wildman–Crippen LogP) is 12.6. The van der Waals surface area contributed by atoms with Gasteiger partial charge in [-0.2, -0.15) is 5.10 Å². The van der Waals surface area contributed by atoms with Gasteiger partial charge in [0.1, 0.15) is 34.5 Å². The Hall–Kier alpha value is -8.12. The van der Waals surface area contributed by atoms with Gasteiger partial charge in [-0.05, 0) is 189 Å². The van der Waals surface area contributed by atoms with Crippen molar-refractivity contribution >= 4 is 68.7 Å². The number of esters is 6. The lowest BCUT2D eigenvalue weighted by Gasteiger charge is -2.26. The van der Waals surface area contributed by atoms with E-state index in [9.17, 15) is 28.8 Å². The summed E-state index contributed by atoms with van der Waals surface area (Å²) in [7, 11) is 0. The van der Waals surface area contributed by atoms with Crippen LogP contribution in [0.25, 0.3) is 10.2 Å². The van der Waals surface area contributed by atoms with E-state index >= 15 is 0 Å². The minimum Gasteiger partial charge on any atom is -0.494 e. The van der Waals surface area contributed by atoms with E-state index in [4.69, 9.17) is 48.0 Å². The highest BCUT2D eigenvalue weighted by atomic mass is 32.1. The molecule has 7 rings (SSSR count). The summed E-state index contributed by atoms with van der Waals surface area (Å²) < 4.78 is 46.1. The number of thiazole rings is 1. The fourth-order valence-corrected chi connectivity index (χ4v) is 10.2. The van der Waals surface area contributed by atoms with Crippen molar-refractivity contribution < 1.29 is 66.7 Å². The number of fused-ring (bicyclic) bond motifs is 1. The van der Waals surface area contributed by atoms with Gasteiger partial charge in [-0.1, -0.05) is 43.2 Å². The molecule has 1 heterocycles. The fraction of sp³-hybridized carbons (Fsp3) is 0.397. The lowest BCUT2D eigenvalue weighted by Crippen LogP contribution is -2.30. The van der Waals surface area contributed by atoms with Crippen LogP contribution in [-0.4, -0.2) is 73.4 Å². The van der Waals surface area contributed by atoms with Gasteiger partial charge >= 0.3 is 35.8 Å². The molecule has 81 heavy (non-hydrogen) atoms. The highest BCUT2D eigenvalue weighted by Crippen LogP contribution is 2.36. The van der Waals surface area contributed by atoms with Crippen LogP contribution in [0.15, 0.2) is 134 Å². The number of allylic oxidation sites excluding steroid dienone is 1. The topological polar surface area (TPSA) is 205 Å². The number of hydrogen-bond acceptors (Lipinski definition) is 18. The number of para-hydroxylation sites is 1. The predicted molar refractivity (Wildman–Crippen MR) is 308 cm³/mol. The molecule has 2 aliphatic carbocycles. The van der Waals surface area contributed by atoms with Gasteiger partial charge in [-0.15, -0.1) is 0 Å². The van der Waals surface area contributed by atoms with Crippen LogP contribution in [0.1, 0.15) is 115 Å². The zero-order chi connectivity index (χ0) is 57.3. The number of nitrogens with zero attached hydrogens (tertiary/aromatic N) is 3. The third-order valence-electron chi connectivity index (χ3n) is 13.9. The van der Waals surface area contributed by atoms with Gasteiger partial charge in [-0.25, -0.2) is 19.6 Å². The number of anilines is 1. The minimum absolute atomic E-state index is 0.197. The number of rotatable bonds is 30. The first-order valence-corrected chi connectivity index (χ1v) is 28.6. The van der Waals surface area contributed by atoms with Crippen LogP contribution in [0.2, 0.25) is 0 Å². The summed E-state index contributed by atoms with van der Waals surface area (Å²) in [4.78, 5) is 81.0. The van der Waals surface area contributed by atoms with E-state index < -0.39 is 41.6 Å². The standard InChI is InChI=1S/C63H71N3O14S/c1-5-57(67)75-39-15-9-7-13-37-73-49-27-31-51(32-28-49)77-59(69)44-19-21-46(22-20-44)61(71)79-53-35-36-55(48(41-53)42-64-66(43(3)4)63-65-54-17-11-12-18-56(54)81-63)80-62(72)47-25-23-45(24-26-47)60(70)78-52-33-29-50(30-34-52)74-38-14-8-10-16-40-76-58(68)6-2/h5-6,11-12,17-18,27-36,41-42,44-47H,1-3,7-10,13-16,19-26,37-40H2,4H3/b64-42-. The first-order chi connectivity index (χ1) is 39.3. The maximum absolute atomic E-state index is 13.8. The molecule has 0 saturated heterocycles. The molecule has 18 heteroatoms. The summed E-state index contributed by atoms with van der Waals surface area (Å²) in [6.07, 6.45) is 14.2. The monoisotopic (exact) mass is 1130 g/mol. The molecule has 2 saturated carbocycles. The van der Waals surface area contributed by atoms with Crippen molar-refractivity contribution in [3.8, 4) is 34.5 Å². The summed E-state index contributed by atoms with van der Waals surface area (Å²) in [5, 5.41) is 6.90. The molecule has 0 unspecified atom stereocenters. The Kier molecular flexibility index (Phi) is 23.6. The number of ether oxygens (including phenoxy) is 8. The fourth-order valence-electron chi connectivity index (χ4n) is 9.25. The van der Waals surface area contributed by atoms with Crippen molar-refractivity contribution in [2.75, 3.05) is 31.4 Å². The van der Waals surface area contributed by atoms with E-state index in [1.54, 1.807) is 78.7 Å². The number of aromatic nitrogens is 1. The number of hydrazone groups is 1. The number of unbranched alkanes of at least 4 members (excludes halogenated alkanes) is 6. The van der Waals surface area contributed by atoms with E-state index in [1.165, 1.54) is 17.6 Å². The van der Waals surface area contributed by atoms with E-state index in [-0.39, 0.29) is 29.4 Å². The van der Waals surface area contributed by atoms with Gasteiger partial charge in [-0.3, -0.25) is 19.2 Å². The Morgan fingerprint density at radius 3 is 1.40 bits per heavy atom. The number of hydrogen-bond donors (Lipinski definition) is 0. The normalized spacial score (nSPS) is 16.8. The van der Waals surface area contributed by atoms with Crippen LogP contribution in [0, 0.1) is 23.7 Å². The van der Waals surface area contributed by atoms with Crippen LogP contribution in [0.3, 0.4) is 0 Å². The zero-order valence-corrected chi connectivity index (χ0v) is 46.7. The Bertz CT molecular complexity index is 2940. The smallest absolute Gasteiger partial charge is 0.330 e. The van der Waals surface area contributed by atoms with Crippen molar-refractivity contribution in [2.45, 2.75) is 110 Å². The highest BCUT2D eigenvalue weighted by molar-refractivity contribution is 7.22. The molecule has 0 atom stereocenters. The van der Waals surface area contributed by atoms with E-state index in [1.807, 2.05) is 24.3 Å². The molecular weight excluding hydrogens is 1050 g/mol. The molecule has 4 aromatic carbocycles. The molecule has 2 fully saturated rings. The minimum atomic E-state index is -0.480. The van der Waals surface area contributed by atoms with Gasteiger partial charge in [0.15, 0.2) is 0 Å². The van der Waals surface area contributed by atoms with Crippen molar-refractivity contribution in [1.82, 2.24) is 4.98 Å². The number of benzene rings is 4. The SMILES string of the molecule is C=CC(=O)OCCCCCCOc1ccc(OC(=O)C2CCC(C(=O)Oc3ccc(OC(=O)C4CCC(C(=O)Oc5ccc(OCCCCCCOC(=O)C=C)cc5)CC4)c(/C=N\N(C(=C)C)c4nc5ccccc5s4)c3)CC2)cc1. The molecule has 0 N–H and O–H groups in total. The molecule has 428 valence electrons. The molecule has 17 nitrogen and oxygen atoms in total. The lowest BCUT2D eigenvalue weighted by molar-refractivity contribution is -0.145. The van der Waals surface area contributed by atoms with Crippen LogP contribution in [0.4, 0.5) is 5.13 Å². The van der Waals surface area contributed by atoms with Crippen LogP contribution >= 0.6 is 11.3 Å². The molecule has 0 aliphatic heterocycles. The van der Waals surface area contributed by atoms with Gasteiger partial charge in [0.05, 0.1) is 66.5 Å². The molecule has 0 bridgehead atoms. The number of carbonyl (C=O) groups excluding carboxylic acids is 6. The third-order valence-corrected chi connectivity index (χ3v) is 14.9. The Morgan fingerprint density at radius 2 is 0.951 bits per heavy atom. The second kappa shape index (κ2) is 31.6. The van der Waals surface area contributed by atoms with Gasteiger partial charge in [0.2, 0.25) is 5.13 Å². The van der Waals surface area contributed by atoms with Gasteiger partial charge < -0.3 is 37.9 Å². The third kappa shape index (κ3) is 19.3. The van der Waals surface area contributed by atoms with Crippen molar-refractivity contribution in [3.63, 3.8) is 0 Å². The second-order valence-corrected chi connectivity index (χ2v) is 21.0. The van der Waals surface area contributed by atoms with E-state index in [0.29, 0.717) is 117 Å². The molecular formula is C63H71N3O14S. The van der Waals surface area contributed by atoms with E-state index in [2.05, 4.69) is 19.7 Å². The first-order valence-electron chi connectivity index (χ1n) is 27.8. The zero-order valence-electron chi connectivity index (χ0n) is 45.9. The van der Waals surface area contributed by atoms with Crippen molar-refractivity contribution in [2.24, 2.45) is 28.8 Å². The quantitative estimate of drug-likeness (QED) is 0.0105. The molecule has 2 aliphatic rings. The van der Waals surface area contributed by atoms with E-state index in [0.717, 1.165) is 73.7 Å². The first kappa shape index (κ1) is 60.5. The summed E-state index contributed by atoms with van der Waals surface area (Å²) in [5.41, 5.74) is 1.75. The Morgan fingerprint density at radius 1 is 0.543 bits per heavy atom. The van der Waals surface area contributed by atoms with Gasteiger partial charge in [0, 0.05) is 23.4 Å². The summed E-state index contributed by atoms with van der Waals surface area (Å²) in [6.45, 7) is 14.5. The average molecular weight is 1130 g/mol. The number of carbonyl (C=O) groups is 6. The van der Waals surface area contributed by atoms with Crippen molar-refractivity contribution in [1.29, 1.82) is 0 Å². The summed E-state index contributed by atoms with van der Waals surface area (Å²) >= 11 is 1.44. The molecule has 5 aromatic rings. The highest BCUT2D eigenvalue weighted by Gasteiger charge is 2.34. The second-order valence-electron chi connectivity index (χ2n) is 19.9. The van der Waals surface area contributed by atoms with Crippen LogP contribution in [-0.2, 0) is 38.2 Å². The average Bonchev–Trinajstić information content (AvgIpc) is 3.92. The Balaban J connectivity index is 0.890.